The monoisotopic (exact) mass is 220 g/mol. The van der Waals surface area contributed by atoms with E-state index >= 15 is 0 Å². The average Bonchev–Trinajstić information content (AvgIpc) is 2.60. The van der Waals surface area contributed by atoms with Gasteiger partial charge in [0.25, 0.3) is 0 Å². The van der Waals surface area contributed by atoms with Crippen molar-refractivity contribution in [3.63, 3.8) is 0 Å². The fourth-order valence-corrected chi connectivity index (χ4v) is 1.58. The Bertz CT molecular complexity index is 519. The molecule has 0 radical (unpaired) electrons. The molecule has 0 bridgehead atoms. The lowest BCUT2D eigenvalue weighted by Crippen LogP contribution is -2.00. The van der Waals surface area contributed by atoms with E-state index in [4.69, 9.17) is 0 Å². The van der Waals surface area contributed by atoms with Crippen molar-refractivity contribution in [2.24, 2.45) is 7.05 Å². The van der Waals surface area contributed by atoms with Crippen LogP contribution in [0.4, 0.5) is 10.3 Å². The van der Waals surface area contributed by atoms with Gasteiger partial charge in [-0.2, -0.15) is 0 Å². The summed E-state index contributed by atoms with van der Waals surface area (Å²) < 4.78 is 15.4. The zero-order chi connectivity index (χ0) is 11.7. The van der Waals surface area contributed by atoms with E-state index in [1.807, 2.05) is 13.0 Å². The SMILES string of the molecule is CNc1nnc(-c2ccc(C)cc2F)n1C. The topological polar surface area (TPSA) is 42.7 Å². The summed E-state index contributed by atoms with van der Waals surface area (Å²) in [6.07, 6.45) is 0. The minimum atomic E-state index is -0.279. The number of anilines is 1. The van der Waals surface area contributed by atoms with E-state index < -0.39 is 0 Å². The number of halogens is 1. The maximum atomic E-state index is 13.7. The van der Waals surface area contributed by atoms with Gasteiger partial charge in [0.1, 0.15) is 5.82 Å². The smallest absolute Gasteiger partial charge is 0.224 e. The lowest BCUT2D eigenvalue weighted by Gasteiger charge is -2.04. The van der Waals surface area contributed by atoms with Crippen molar-refractivity contribution in [3.8, 4) is 11.4 Å². The Kier molecular flexibility index (Phi) is 2.60. The molecule has 84 valence electrons. The molecule has 1 heterocycles. The van der Waals surface area contributed by atoms with E-state index in [-0.39, 0.29) is 5.82 Å². The number of hydrogen-bond acceptors (Lipinski definition) is 3. The summed E-state index contributed by atoms with van der Waals surface area (Å²) in [5.74, 6) is 0.843. The van der Waals surface area contributed by atoms with Crippen LogP contribution in [-0.2, 0) is 7.05 Å². The second-order valence-corrected chi connectivity index (χ2v) is 3.64. The molecule has 2 rings (SSSR count). The molecule has 5 heteroatoms. The van der Waals surface area contributed by atoms with Gasteiger partial charge in [-0.25, -0.2) is 4.39 Å². The summed E-state index contributed by atoms with van der Waals surface area (Å²) in [4.78, 5) is 0. The molecule has 0 saturated carbocycles. The minimum Gasteiger partial charge on any atom is -0.357 e. The largest absolute Gasteiger partial charge is 0.357 e. The van der Waals surface area contributed by atoms with Crippen LogP contribution < -0.4 is 5.32 Å². The summed E-state index contributed by atoms with van der Waals surface area (Å²) in [5, 5.41) is 10.8. The standard InChI is InChI=1S/C11H13FN4/c1-7-4-5-8(9(12)6-7)10-14-15-11(13-2)16(10)3/h4-6H,1-3H3,(H,13,15). The maximum absolute atomic E-state index is 13.7. The van der Waals surface area contributed by atoms with Gasteiger partial charge in [-0.05, 0) is 24.6 Å². The normalized spacial score (nSPS) is 10.5. The molecule has 0 atom stereocenters. The first-order chi connectivity index (χ1) is 7.63. The Hall–Kier alpha value is -1.91. The van der Waals surface area contributed by atoms with Gasteiger partial charge in [-0.1, -0.05) is 6.07 Å². The van der Waals surface area contributed by atoms with Crippen LogP contribution in [-0.4, -0.2) is 21.8 Å². The Balaban J connectivity index is 2.54. The molecule has 4 nitrogen and oxygen atoms in total. The zero-order valence-electron chi connectivity index (χ0n) is 9.45. The number of hydrogen-bond donors (Lipinski definition) is 1. The third kappa shape index (κ3) is 1.64. The van der Waals surface area contributed by atoms with Crippen LogP contribution in [0.1, 0.15) is 5.56 Å². The summed E-state index contributed by atoms with van der Waals surface area (Å²) in [7, 11) is 3.54. The Morgan fingerprint density at radius 3 is 2.62 bits per heavy atom. The molecule has 16 heavy (non-hydrogen) atoms. The maximum Gasteiger partial charge on any atom is 0.224 e. The third-order valence-corrected chi connectivity index (χ3v) is 2.46. The number of rotatable bonds is 2. The zero-order valence-corrected chi connectivity index (χ0v) is 9.45. The lowest BCUT2D eigenvalue weighted by atomic mass is 10.1. The van der Waals surface area contributed by atoms with Crippen LogP contribution >= 0.6 is 0 Å². The van der Waals surface area contributed by atoms with Crippen LogP contribution in [0.15, 0.2) is 18.2 Å². The summed E-state index contributed by atoms with van der Waals surface area (Å²) in [5.41, 5.74) is 1.35. The van der Waals surface area contributed by atoms with Crippen LogP contribution in [0.25, 0.3) is 11.4 Å². The first-order valence-electron chi connectivity index (χ1n) is 4.97. The minimum absolute atomic E-state index is 0.279. The molecule has 0 aliphatic rings. The van der Waals surface area contributed by atoms with Crippen molar-refractivity contribution in [3.05, 3.63) is 29.6 Å². The van der Waals surface area contributed by atoms with Crippen molar-refractivity contribution in [1.29, 1.82) is 0 Å². The molecule has 0 aliphatic carbocycles. The van der Waals surface area contributed by atoms with Crippen molar-refractivity contribution in [2.45, 2.75) is 6.92 Å². The number of aromatic nitrogens is 3. The van der Waals surface area contributed by atoms with Gasteiger partial charge in [0.05, 0.1) is 5.56 Å². The van der Waals surface area contributed by atoms with Crippen molar-refractivity contribution in [1.82, 2.24) is 14.8 Å². The molecular formula is C11H13FN4. The van der Waals surface area contributed by atoms with Crippen molar-refractivity contribution < 1.29 is 4.39 Å². The molecule has 0 fully saturated rings. The van der Waals surface area contributed by atoms with Gasteiger partial charge in [0.2, 0.25) is 5.95 Å². The van der Waals surface area contributed by atoms with E-state index in [2.05, 4.69) is 15.5 Å². The highest BCUT2D eigenvalue weighted by Crippen LogP contribution is 2.22. The van der Waals surface area contributed by atoms with Crippen LogP contribution in [0.3, 0.4) is 0 Å². The predicted octanol–water partition coefficient (Wildman–Crippen LogP) is 1.97. The lowest BCUT2D eigenvalue weighted by molar-refractivity contribution is 0.627. The molecule has 0 amide bonds. The number of benzene rings is 1. The van der Waals surface area contributed by atoms with Crippen LogP contribution in [0.5, 0.6) is 0 Å². The van der Waals surface area contributed by atoms with E-state index in [0.717, 1.165) is 5.56 Å². The van der Waals surface area contributed by atoms with Gasteiger partial charge in [-0.15, -0.1) is 10.2 Å². The molecule has 2 aromatic rings. The van der Waals surface area contributed by atoms with Gasteiger partial charge in [0, 0.05) is 14.1 Å². The Morgan fingerprint density at radius 2 is 2.06 bits per heavy atom. The molecular weight excluding hydrogens is 207 g/mol. The average molecular weight is 220 g/mol. The predicted molar refractivity (Wildman–Crippen MR) is 60.7 cm³/mol. The fraction of sp³-hybridized carbons (Fsp3) is 0.273. The third-order valence-electron chi connectivity index (χ3n) is 2.46. The summed E-state index contributed by atoms with van der Waals surface area (Å²) in [6.45, 7) is 1.85. The van der Waals surface area contributed by atoms with Gasteiger partial charge in [0.15, 0.2) is 5.82 Å². The number of aryl methyl sites for hydroxylation is 1. The first-order valence-corrected chi connectivity index (χ1v) is 4.97. The van der Waals surface area contributed by atoms with Crippen LogP contribution in [0, 0.1) is 12.7 Å². The highest BCUT2D eigenvalue weighted by molar-refractivity contribution is 5.58. The second kappa shape index (κ2) is 3.92. The Labute approximate surface area is 93.1 Å². The Morgan fingerprint density at radius 1 is 1.31 bits per heavy atom. The van der Waals surface area contributed by atoms with Crippen molar-refractivity contribution >= 4 is 5.95 Å². The molecule has 0 unspecified atom stereocenters. The number of nitrogens with one attached hydrogen (secondary N) is 1. The van der Waals surface area contributed by atoms with Gasteiger partial charge < -0.3 is 5.32 Å². The highest BCUT2D eigenvalue weighted by atomic mass is 19.1. The molecule has 0 spiro atoms. The summed E-state index contributed by atoms with van der Waals surface area (Å²) in [6, 6.07) is 5.06. The quantitative estimate of drug-likeness (QED) is 0.841. The van der Waals surface area contributed by atoms with E-state index in [0.29, 0.717) is 17.3 Å². The first kappa shape index (κ1) is 10.6. The molecule has 0 saturated heterocycles. The molecule has 1 aromatic heterocycles. The molecule has 1 aromatic carbocycles. The van der Waals surface area contributed by atoms with E-state index in [1.54, 1.807) is 24.7 Å². The van der Waals surface area contributed by atoms with Gasteiger partial charge in [-0.3, -0.25) is 4.57 Å². The van der Waals surface area contributed by atoms with Crippen LogP contribution in [0.2, 0.25) is 0 Å². The molecule has 1 N–H and O–H groups in total. The van der Waals surface area contributed by atoms with E-state index in [1.165, 1.54) is 6.07 Å². The van der Waals surface area contributed by atoms with Gasteiger partial charge >= 0.3 is 0 Å². The van der Waals surface area contributed by atoms with Crippen molar-refractivity contribution in [2.75, 3.05) is 12.4 Å². The fourth-order valence-electron chi connectivity index (χ4n) is 1.58. The molecule has 0 aliphatic heterocycles. The highest BCUT2D eigenvalue weighted by Gasteiger charge is 2.13. The number of nitrogens with zero attached hydrogens (tertiary/aromatic N) is 3. The summed E-state index contributed by atoms with van der Waals surface area (Å²) >= 11 is 0. The second-order valence-electron chi connectivity index (χ2n) is 3.64. The van der Waals surface area contributed by atoms with E-state index in [9.17, 15) is 4.39 Å².